The van der Waals surface area contributed by atoms with Crippen LogP contribution in [0.3, 0.4) is 0 Å². The Labute approximate surface area is 106 Å². The maximum atomic E-state index is 12.5. The Bertz CT molecular complexity index is 1050. The quantitative estimate of drug-likeness (QED) is 0.518. The largest absolute Gasteiger partial charge is 0.335 e. The molecule has 0 saturated heterocycles. The summed E-state index contributed by atoms with van der Waals surface area (Å²) >= 11 is 0. The molecule has 2 aromatic heterocycles. The molecule has 90 valence electrons. The van der Waals surface area contributed by atoms with Crippen molar-refractivity contribution >= 4 is 32.8 Å². The molecule has 2 bridgehead atoms. The van der Waals surface area contributed by atoms with Crippen LogP contribution in [0.15, 0.2) is 52.1 Å². The number of nitrogens with zero attached hydrogens (tertiary/aromatic N) is 1. The van der Waals surface area contributed by atoms with Gasteiger partial charge in [0, 0.05) is 10.8 Å². The van der Waals surface area contributed by atoms with Gasteiger partial charge in [-0.1, -0.05) is 30.3 Å². The molecule has 0 aliphatic heterocycles. The van der Waals surface area contributed by atoms with Crippen LogP contribution in [0.5, 0.6) is 0 Å². The van der Waals surface area contributed by atoms with Gasteiger partial charge in [0.15, 0.2) is 11.1 Å². The van der Waals surface area contributed by atoms with E-state index in [-0.39, 0.29) is 16.5 Å². The number of aromatic nitrogens is 2. The zero-order chi connectivity index (χ0) is 13.0. The summed E-state index contributed by atoms with van der Waals surface area (Å²) in [6.45, 7) is 0. The van der Waals surface area contributed by atoms with Crippen LogP contribution in [-0.2, 0) is 0 Å². The van der Waals surface area contributed by atoms with E-state index in [9.17, 15) is 9.59 Å². The number of nitrogens with one attached hydrogen (secondary N) is 1. The van der Waals surface area contributed by atoms with Crippen LogP contribution >= 0.6 is 0 Å². The molecule has 2 heterocycles. The van der Waals surface area contributed by atoms with E-state index < -0.39 is 0 Å². The number of para-hydroxylation sites is 1. The van der Waals surface area contributed by atoms with Crippen LogP contribution in [0.25, 0.3) is 32.8 Å². The van der Waals surface area contributed by atoms with Crippen LogP contribution in [-0.4, -0.2) is 9.97 Å². The Morgan fingerprint density at radius 1 is 0.789 bits per heavy atom. The first-order chi connectivity index (χ1) is 9.25. The molecular formula is C15H8N2O2. The molecule has 1 N–H and O–H groups in total. The van der Waals surface area contributed by atoms with Crippen molar-refractivity contribution < 1.29 is 0 Å². The lowest BCUT2D eigenvalue weighted by Gasteiger charge is -1.94. The van der Waals surface area contributed by atoms with Gasteiger partial charge >= 0.3 is 0 Å². The number of rotatable bonds is 0. The molecule has 0 amide bonds. The fraction of sp³-hybridized carbons (Fsp3) is 0. The molecule has 4 aromatic rings. The van der Waals surface area contributed by atoms with Gasteiger partial charge in [-0.3, -0.25) is 9.59 Å². The average molecular weight is 248 g/mol. The van der Waals surface area contributed by atoms with E-state index in [2.05, 4.69) is 9.97 Å². The summed E-state index contributed by atoms with van der Waals surface area (Å²) in [4.78, 5) is 32.1. The van der Waals surface area contributed by atoms with Crippen molar-refractivity contribution in [2.45, 2.75) is 0 Å². The molecule has 4 nitrogen and oxygen atoms in total. The van der Waals surface area contributed by atoms with E-state index >= 15 is 0 Å². The van der Waals surface area contributed by atoms with E-state index in [0.29, 0.717) is 27.2 Å². The number of hydrogen-bond acceptors (Lipinski definition) is 3. The molecule has 4 rings (SSSR count). The van der Waals surface area contributed by atoms with Gasteiger partial charge in [-0.15, -0.1) is 0 Å². The third kappa shape index (κ3) is 1.25. The highest BCUT2D eigenvalue weighted by Crippen LogP contribution is 2.17. The number of benzene rings is 2. The summed E-state index contributed by atoms with van der Waals surface area (Å²) < 4.78 is 0. The van der Waals surface area contributed by atoms with Crippen molar-refractivity contribution in [2.75, 3.05) is 0 Å². The SMILES string of the molecule is O=c1c2nc3c(cccc3c(=O)c3ccccc13)[nH]2. The molecule has 0 aliphatic carbocycles. The minimum atomic E-state index is -0.245. The molecule has 0 atom stereocenters. The number of fused-ring (bicyclic) bond motifs is 2. The fourth-order valence-electron chi connectivity index (χ4n) is 2.47. The second kappa shape index (κ2) is 3.38. The lowest BCUT2D eigenvalue weighted by atomic mass is 10.1. The van der Waals surface area contributed by atoms with Crippen molar-refractivity contribution in [1.29, 1.82) is 0 Å². The number of imidazole rings is 1. The lowest BCUT2D eigenvalue weighted by molar-refractivity contribution is 1.43. The van der Waals surface area contributed by atoms with E-state index in [4.69, 9.17) is 0 Å². The van der Waals surface area contributed by atoms with Gasteiger partial charge < -0.3 is 4.98 Å². The van der Waals surface area contributed by atoms with Crippen LogP contribution in [0.2, 0.25) is 0 Å². The highest BCUT2D eigenvalue weighted by atomic mass is 16.1. The summed E-state index contributed by atoms with van der Waals surface area (Å²) in [6, 6.07) is 12.2. The van der Waals surface area contributed by atoms with Gasteiger partial charge in [-0.05, 0) is 12.1 Å². The second-order valence-electron chi connectivity index (χ2n) is 4.49. The van der Waals surface area contributed by atoms with Crippen LogP contribution in [0.1, 0.15) is 0 Å². The maximum absolute atomic E-state index is 12.5. The highest BCUT2D eigenvalue weighted by Gasteiger charge is 2.10. The summed E-state index contributed by atoms with van der Waals surface area (Å²) in [7, 11) is 0. The fourth-order valence-corrected chi connectivity index (χ4v) is 2.47. The maximum Gasteiger partial charge on any atom is 0.229 e. The third-order valence-electron chi connectivity index (χ3n) is 3.39. The first-order valence-corrected chi connectivity index (χ1v) is 5.93. The Balaban J connectivity index is 2.56. The smallest absolute Gasteiger partial charge is 0.229 e. The minimum absolute atomic E-state index is 0.160. The van der Waals surface area contributed by atoms with Gasteiger partial charge in [0.1, 0.15) is 5.52 Å². The van der Waals surface area contributed by atoms with Crippen molar-refractivity contribution in [3.05, 3.63) is 62.9 Å². The first-order valence-electron chi connectivity index (χ1n) is 5.93. The molecule has 4 heteroatoms. The van der Waals surface area contributed by atoms with E-state index in [1.807, 2.05) is 6.07 Å². The molecule has 0 fully saturated rings. The zero-order valence-electron chi connectivity index (χ0n) is 9.81. The Morgan fingerprint density at radius 3 is 2.26 bits per heavy atom. The third-order valence-corrected chi connectivity index (χ3v) is 3.39. The molecule has 0 saturated carbocycles. The predicted octanol–water partition coefficient (Wildman–Crippen LogP) is 2.03. The lowest BCUT2D eigenvalue weighted by Crippen LogP contribution is -2.07. The van der Waals surface area contributed by atoms with Gasteiger partial charge in [-0.25, -0.2) is 4.98 Å². The van der Waals surface area contributed by atoms with Gasteiger partial charge in [-0.2, -0.15) is 0 Å². The van der Waals surface area contributed by atoms with Gasteiger partial charge in [0.25, 0.3) is 0 Å². The summed E-state index contributed by atoms with van der Waals surface area (Å²) in [5, 5.41) is 1.36. The molecular weight excluding hydrogens is 240 g/mol. The van der Waals surface area contributed by atoms with Crippen LogP contribution < -0.4 is 10.9 Å². The monoisotopic (exact) mass is 248 g/mol. The van der Waals surface area contributed by atoms with Crippen molar-refractivity contribution in [2.24, 2.45) is 0 Å². The number of hydrogen-bond donors (Lipinski definition) is 1. The number of H-pyrrole nitrogens is 1. The zero-order valence-corrected chi connectivity index (χ0v) is 9.81. The summed E-state index contributed by atoms with van der Waals surface area (Å²) in [6.07, 6.45) is 0. The van der Waals surface area contributed by atoms with E-state index in [0.717, 1.165) is 0 Å². The second-order valence-corrected chi connectivity index (χ2v) is 4.49. The molecule has 0 unspecified atom stereocenters. The molecule has 19 heavy (non-hydrogen) atoms. The number of aromatic amines is 1. The molecule has 0 radical (unpaired) electrons. The average Bonchev–Trinajstić information content (AvgIpc) is 2.89. The Kier molecular flexibility index (Phi) is 1.82. The standard InChI is InChI=1S/C15H8N2O2/c18-13-8-4-1-2-5-9(8)14(19)15-16-11-7-3-6-10(13)12(11)17-15/h1-7H,(H,16,17). The van der Waals surface area contributed by atoms with Crippen LogP contribution in [0, 0.1) is 0 Å². The highest BCUT2D eigenvalue weighted by molar-refractivity contribution is 5.99. The molecule has 0 aliphatic rings. The van der Waals surface area contributed by atoms with Crippen LogP contribution in [0.4, 0.5) is 0 Å². The summed E-state index contributed by atoms with van der Waals surface area (Å²) in [5.74, 6) is 0. The van der Waals surface area contributed by atoms with Gasteiger partial charge in [0.05, 0.1) is 10.9 Å². The molecule has 2 aromatic carbocycles. The topological polar surface area (TPSA) is 62.8 Å². The predicted molar refractivity (Wildman–Crippen MR) is 74.8 cm³/mol. The van der Waals surface area contributed by atoms with E-state index in [1.54, 1.807) is 36.4 Å². The Morgan fingerprint density at radius 2 is 1.47 bits per heavy atom. The summed E-state index contributed by atoms with van der Waals surface area (Å²) in [5.41, 5.74) is 1.15. The molecule has 0 spiro atoms. The minimum Gasteiger partial charge on any atom is -0.335 e. The van der Waals surface area contributed by atoms with Crippen molar-refractivity contribution in [3.8, 4) is 0 Å². The van der Waals surface area contributed by atoms with Gasteiger partial charge in [0.2, 0.25) is 5.43 Å². The Hall–Kier alpha value is -2.75. The van der Waals surface area contributed by atoms with E-state index in [1.165, 1.54) is 0 Å². The normalized spacial score (nSPS) is 11.6. The van der Waals surface area contributed by atoms with Crippen molar-refractivity contribution in [3.63, 3.8) is 0 Å². The first kappa shape index (κ1) is 10.2. The van der Waals surface area contributed by atoms with Crippen molar-refractivity contribution in [1.82, 2.24) is 9.97 Å².